The van der Waals surface area contributed by atoms with Crippen LogP contribution in [0.1, 0.15) is 47.7 Å². The second-order valence-electron chi connectivity index (χ2n) is 9.34. The van der Waals surface area contributed by atoms with E-state index in [1.165, 1.54) is 31.3 Å². The van der Waals surface area contributed by atoms with Crippen LogP contribution in [0.5, 0.6) is 0 Å². The molecule has 0 atom stereocenters. The Balaban J connectivity index is 1.65. The second-order valence-corrected chi connectivity index (χ2v) is 12.0. The van der Waals surface area contributed by atoms with Gasteiger partial charge in [0.2, 0.25) is 0 Å². The maximum atomic E-state index is 15.3. The fourth-order valence-electron chi connectivity index (χ4n) is 4.14. The van der Waals surface area contributed by atoms with Crippen LogP contribution in [0.2, 0.25) is 0 Å². The van der Waals surface area contributed by atoms with Gasteiger partial charge < -0.3 is 15.6 Å². The van der Waals surface area contributed by atoms with Crippen molar-refractivity contribution in [3.8, 4) is 0 Å². The first kappa shape index (κ1) is 27.9. The van der Waals surface area contributed by atoms with Gasteiger partial charge in [0.25, 0.3) is 11.5 Å². The highest BCUT2D eigenvalue weighted by atomic mass is 127. The molecule has 1 saturated carbocycles. The maximum Gasteiger partial charge on any atom is 0.300 e. The van der Waals surface area contributed by atoms with Gasteiger partial charge in [0, 0.05) is 32.6 Å². The average molecular weight is 658 g/mol. The average Bonchev–Trinajstić information content (AvgIpc) is 2.81. The predicted octanol–water partition coefficient (Wildman–Crippen LogP) is 3.51. The van der Waals surface area contributed by atoms with Gasteiger partial charge in [-0.15, -0.1) is 0 Å². The summed E-state index contributed by atoms with van der Waals surface area (Å²) in [6.45, 7) is 2.83. The number of nitrogens with one attached hydrogen (secondary N) is 3. The van der Waals surface area contributed by atoms with Crippen molar-refractivity contribution < 1.29 is 22.0 Å². The van der Waals surface area contributed by atoms with E-state index in [2.05, 4.69) is 19.7 Å². The maximum absolute atomic E-state index is 15.3. The van der Waals surface area contributed by atoms with E-state index in [9.17, 15) is 22.4 Å². The number of hydrogen-bond donors (Lipinski definition) is 4. The molecule has 10 nitrogen and oxygen atoms in total. The SMILES string of the molecule is Cc1c(Nc2ccc(I)cc2F)c(C(N)=O)cn(Cc2ccnc(NS(=O)(=O)NC3(C)CCC3)c2F)c1=O. The molecular formula is C24H25F2IN6O4S. The number of anilines is 3. The number of nitrogens with zero attached hydrogens (tertiary/aromatic N) is 2. The molecule has 2 aromatic heterocycles. The number of amides is 1. The number of carbonyl (C=O) groups is 1. The summed E-state index contributed by atoms with van der Waals surface area (Å²) >= 11 is 1.95. The van der Waals surface area contributed by atoms with Gasteiger partial charge in [0.15, 0.2) is 11.6 Å². The van der Waals surface area contributed by atoms with Crippen molar-refractivity contribution in [1.29, 1.82) is 0 Å². The highest BCUT2D eigenvalue weighted by Gasteiger charge is 2.36. The lowest BCUT2D eigenvalue weighted by Crippen LogP contribution is -2.52. The number of nitrogens with two attached hydrogens (primary N) is 1. The van der Waals surface area contributed by atoms with E-state index in [0.29, 0.717) is 16.4 Å². The van der Waals surface area contributed by atoms with Crippen molar-refractivity contribution in [3.63, 3.8) is 0 Å². The highest BCUT2D eigenvalue weighted by Crippen LogP contribution is 2.32. The monoisotopic (exact) mass is 658 g/mol. The largest absolute Gasteiger partial charge is 0.365 e. The summed E-state index contributed by atoms with van der Waals surface area (Å²) in [7, 11) is -4.11. The summed E-state index contributed by atoms with van der Waals surface area (Å²) in [6.07, 6.45) is 4.55. The summed E-state index contributed by atoms with van der Waals surface area (Å²) in [5, 5.41) is 2.76. The Morgan fingerprint density at radius 3 is 2.58 bits per heavy atom. The van der Waals surface area contributed by atoms with Gasteiger partial charge in [-0.1, -0.05) is 0 Å². The normalized spacial score (nSPS) is 14.6. The number of rotatable bonds is 9. The molecule has 1 aliphatic rings. The summed E-state index contributed by atoms with van der Waals surface area (Å²) < 4.78 is 61.0. The summed E-state index contributed by atoms with van der Waals surface area (Å²) in [6, 6.07) is 5.67. The van der Waals surface area contributed by atoms with Crippen LogP contribution < -0.4 is 26.1 Å². The lowest BCUT2D eigenvalue weighted by atomic mass is 9.80. The molecule has 2 heterocycles. The molecule has 1 aromatic carbocycles. The first-order chi connectivity index (χ1) is 17.8. The van der Waals surface area contributed by atoms with Gasteiger partial charge in [-0.05, 0) is 80.0 Å². The van der Waals surface area contributed by atoms with Crippen molar-refractivity contribution in [2.45, 2.75) is 45.2 Å². The number of pyridine rings is 2. The Morgan fingerprint density at radius 1 is 1.26 bits per heavy atom. The van der Waals surface area contributed by atoms with Gasteiger partial charge in [0.05, 0.1) is 23.5 Å². The van der Waals surface area contributed by atoms with Gasteiger partial charge in [-0.25, -0.2) is 13.8 Å². The quantitative estimate of drug-likeness (QED) is 0.259. The van der Waals surface area contributed by atoms with Crippen molar-refractivity contribution >= 4 is 55.9 Å². The molecule has 5 N–H and O–H groups in total. The minimum absolute atomic E-state index is 0.0260. The third kappa shape index (κ3) is 5.96. The van der Waals surface area contributed by atoms with Gasteiger partial charge in [-0.3, -0.25) is 14.3 Å². The number of aromatic nitrogens is 2. The molecule has 0 spiro atoms. The fourth-order valence-corrected chi connectivity index (χ4v) is 5.90. The van der Waals surface area contributed by atoms with Crippen LogP contribution >= 0.6 is 22.6 Å². The number of hydrogen-bond acceptors (Lipinski definition) is 6. The van der Waals surface area contributed by atoms with Gasteiger partial charge >= 0.3 is 10.2 Å². The molecule has 202 valence electrons. The van der Waals surface area contributed by atoms with Crippen LogP contribution in [0.4, 0.5) is 26.0 Å². The lowest BCUT2D eigenvalue weighted by Gasteiger charge is -2.38. The predicted molar refractivity (Wildman–Crippen MR) is 148 cm³/mol. The van der Waals surface area contributed by atoms with Crippen molar-refractivity contribution in [2.75, 3.05) is 10.0 Å². The molecule has 0 aliphatic heterocycles. The van der Waals surface area contributed by atoms with Crippen LogP contribution in [0.25, 0.3) is 0 Å². The molecule has 0 saturated heterocycles. The summed E-state index contributed by atoms with van der Waals surface area (Å²) in [4.78, 5) is 29.2. The zero-order chi connectivity index (χ0) is 27.8. The molecule has 0 radical (unpaired) electrons. The minimum Gasteiger partial charge on any atom is -0.365 e. The van der Waals surface area contributed by atoms with E-state index in [0.717, 1.165) is 17.2 Å². The second kappa shape index (κ2) is 10.6. The Kier molecular flexibility index (Phi) is 7.76. The molecule has 1 amide bonds. The smallest absolute Gasteiger partial charge is 0.300 e. The van der Waals surface area contributed by atoms with Crippen LogP contribution in [0.3, 0.4) is 0 Å². The van der Waals surface area contributed by atoms with Crippen LogP contribution in [-0.4, -0.2) is 29.4 Å². The molecule has 0 bridgehead atoms. The summed E-state index contributed by atoms with van der Waals surface area (Å²) in [5.41, 5.74) is 4.28. The first-order valence-electron chi connectivity index (χ1n) is 11.5. The number of carbonyl (C=O) groups excluding carboxylic acids is 1. The molecule has 0 unspecified atom stereocenters. The van der Waals surface area contributed by atoms with E-state index < -0.39 is 44.7 Å². The molecule has 3 aromatic rings. The number of halogens is 3. The van der Waals surface area contributed by atoms with Crippen molar-refractivity contribution in [2.24, 2.45) is 5.73 Å². The van der Waals surface area contributed by atoms with Gasteiger partial charge in [0.1, 0.15) is 5.82 Å². The van der Waals surface area contributed by atoms with E-state index >= 15 is 4.39 Å². The Labute approximate surface area is 231 Å². The molecule has 14 heteroatoms. The number of primary amides is 1. The first-order valence-corrected chi connectivity index (χ1v) is 14.1. The third-order valence-corrected chi connectivity index (χ3v) is 8.24. The zero-order valence-electron chi connectivity index (χ0n) is 20.4. The molecule has 1 fully saturated rings. The van der Waals surface area contributed by atoms with Crippen molar-refractivity contribution in [1.82, 2.24) is 14.3 Å². The Bertz CT molecular complexity index is 1590. The molecule has 1 aliphatic carbocycles. The third-order valence-electron chi connectivity index (χ3n) is 6.35. The summed E-state index contributed by atoms with van der Waals surface area (Å²) in [5.74, 6) is -3.00. The van der Waals surface area contributed by atoms with Crippen LogP contribution in [0.15, 0.2) is 41.5 Å². The number of benzene rings is 1. The lowest BCUT2D eigenvalue weighted by molar-refractivity contribution is 0.1000. The van der Waals surface area contributed by atoms with E-state index in [1.54, 1.807) is 13.0 Å². The fraction of sp³-hybridized carbons (Fsp3) is 0.292. The van der Waals surface area contributed by atoms with E-state index in [4.69, 9.17) is 5.73 Å². The topological polar surface area (TPSA) is 148 Å². The van der Waals surface area contributed by atoms with Gasteiger partial charge in [-0.2, -0.15) is 13.1 Å². The molecule has 38 heavy (non-hydrogen) atoms. The zero-order valence-corrected chi connectivity index (χ0v) is 23.4. The molecular weight excluding hydrogens is 633 g/mol. The van der Waals surface area contributed by atoms with Crippen LogP contribution in [0, 0.1) is 22.1 Å². The van der Waals surface area contributed by atoms with Crippen LogP contribution in [-0.2, 0) is 16.8 Å². The standard InChI is InChI=1S/C24H25F2IN6O4S/c1-13-20(30-18-5-4-15(27)10-17(18)25)16(21(28)34)12-33(23(13)35)11-14-6-9-29-22(19(14)26)31-38(36,37)32-24(2)7-3-8-24/h4-6,9-10,12,30,32H,3,7-8,11H2,1-2H3,(H2,28,34)(H,29,31). The van der Waals surface area contributed by atoms with E-state index in [1.807, 2.05) is 22.6 Å². The Hall–Kier alpha value is -3.11. The van der Waals surface area contributed by atoms with Crippen molar-refractivity contribution in [3.05, 3.63) is 78.9 Å². The molecule has 4 rings (SSSR count). The Morgan fingerprint density at radius 2 is 1.97 bits per heavy atom. The minimum atomic E-state index is -4.11. The highest BCUT2D eigenvalue weighted by molar-refractivity contribution is 14.1. The van der Waals surface area contributed by atoms with E-state index in [-0.39, 0.29) is 34.6 Å².